The molecule has 1 aliphatic heterocycles. The maximum absolute atomic E-state index is 3.65. The third kappa shape index (κ3) is 4.84. The maximum atomic E-state index is 3.65. The first kappa shape index (κ1) is 14.0. The van der Waals surface area contributed by atoms with Crippen molar-refractivity contribution in [3.05, 3.63) is 0 Å². The van der Waals surface area contributed by atoms with Crippen LogP contribution >= 0.6 is 0 Å². The molecular formula is C14H30N2. The highest BCUT2D eigenvalue weighted by molar-refractivity contribution is 4.78. The minimum Gasteiger partial charge on any atom is -0.316 e. The first-order chi connectivity index (χ1) is 7.39. The van der Waals surface area contributed by atoms with Crippen molar-refractivity contribution < 1.29 is 0 Å². The van der Waals surface area contributed by atoms with Crippen molar-refractivity contribution in [1.29, 1.82) is 0 Å². The number of hydrogen-bond acceptors (Lipinski definition) is 2. The fraction of sp³-hybridized carbons (Fsp3) is 1.00. The van der Waals surface area contributed by atoms with E-state index in [1.165, 1.54) is 25.9 Å². The minimum absolute atomic E-state index is 0.425. The predicted molar refractivity (Wildman–Crippen MR) is 71.7 cm³/mol. The van der Waals surface area contributed by atoms with Gasteiger partial charge in [-0.15, -0.1) is 0 Å². The first-order valence-electron chi connectivity index (χ1n) is 6.83. The lowest BCUT2D eigenvalue weighted by Crippen LogP contribution is -2.40. The highest BCUT2D eigenvalue weighted by Crippen LogP contribution is 2.24. The quantitative estimate of drug-likeness (QED) is 0.770. The van der Waals surface area contributed by atoms with Gasteiger partial charge in [0.25, 0.3) is 0 Å². The van der Waals surface area contributed by atoms with Gasteiger partial charge in [-0.25, -0.2) is 0 Å². The fourth-order valence-electron chi connectivity index (χ4n) is 2.23. The summed E-state index contributed by atoms with van der Waals surface area (Å²) in [5.74, 6) is 1.62. The van der Waals surface area contributed by atoms with Gasteiger partial charge in [0, 0.05) is 6.04 Å². The van der Waals surface area contributed by atoms with Gasteiger partial charge in [0.15, 0.2) is 0 Å². The summed E-state index contributed by atoms with van der Waals surface area (Å²) >= 11 is 0. The molecule has 0 saturated carbocycles. The van der Waals surface area contributed by atoms with E-state index in [9.17, 15) is 0 Å². The summed E-state index contributed by atoms with van der Waals surface area (Å²) in [7, 11) is 0. The van der Waals surface area contributed by atoms with Gasteiger partial charge in [-0.2, -0.15) is 0 Å². The van der Waals surface area contributed by atoms with Gasteiger partial charge in [0.05, 0.1) is 0 Å². The number of piperidine rings is 1. The van der Waals surface area contributed by atoms with E-state index in [-0.39, 0.29) is 0 Å². The molecule has 3 atom stereocenters. The van der Waals surface area contributed by atoms with E-state index in [2.05, 4.69) is 45.3 Å². The molecule has 0 radical (unpaired) electrons. The summed E-state index contributed by atoms with van der Waals surface area (Å²) in [6, 6.07) is 0.709. The van der Waals surface area contributed by atoms with Gasteiger partial charge in [-0.05, 0) is 56.7 Å². The van der Waals surface area contributed by atoms with E-state index in [1.807, 2.05) is 0 Å². The zero-order chi connectivity index (χ0) is 12.2. The molecule has 0 amide bonds. The largest absolute Gasteiger partial charge is 0.316 e. The molecule has 2 N–H and O–H groups in total. The Morgan fingerprint density at radius 3 is 2.62 bits per heavy atom. The highest BCUT2D eigenvalue weighted by atomic mass is 14.9. The molecule has 2 nitrogen and oxygen atoms in total. The van der Waals surface area contributed by atoms with Crippen LogP contribution in [0.1, 0.15) is 47.5 Å². The molecule has 1 heterocycles. The predicted octanol–water partition coefficient (Wildman–Crippen LogP) is 2.65. The topological polar surface area (TPSA) is 24.1 Å². The second-order valence-electron chi connectivity index (χ2n) is 6.67. The van der Waals surface area contributed by atoms with Crippen molar-refractivity contribution in [1.82, 2.24) is 10.6 Å². The molecule has 2 heteroatoms. The van der Waals surface area contributed by atoms with E-state index in [0.717, 1.165) is 18.4 Å². The van der Waals surface area contributed by atoms with Crippen molar-refractivity contribution >= 4 is 0 Å². The third-order valence-electron chi connectivity index (χ3n) is 4.09. The molecule has 0 bridgehead atoms. The van der Waals surface area contributed by atoms with Gasteiger partial charge >= 0.3 is 0 Å². The molecule has 1 fully saturated rings. The summed E-state index contributed by atoms with van der Waals surface area (Å²) in [5, 5.41) is 7.16. The number of hydrogen-bond donors (Lipinski definition) is 2. The van der Waals surface area contributed by atoms with Crippen molar-refractivity contribution in [2.45, 2.75) is 53.5 Å². The van der Waals surface area contributed by atoms with Crippen molar-refractivity contribution in [3.8, 4) is 0 Å². The molecule has 1 saturated heterocycles. The molecule has 1 aliphatic rings. The lowest BCUT2D eigenvalue weighted by atomic mass is 9.82. The van der Waals surface area contributed by atoms with Crippen LogP contribution in [-0.2, 0) is 0 Å². The Morgan fingerprint density at radius 1 is 1.38 bits per heavy atom. The summed E-state index contributed by atoms with van der Waals surface area (Å²) in [5.41, 5.74) is 0.425. The van der Waals surface area contributed by atoms with Crippen LogP contribution in [0, 0.1) is 17.3 Å². The maximum Gasteiger partial charge on any atom is 0.00418 e. The Hall–Kier alpha value is -0.0800. The van der Waals surface area contributed by atoms with Crippen LogP contribution in [0.5, 0.6) is 0 Å². The first-order valence-corrected chi connectivity index (χ1v) is 6.83. The zero-order valence-corrected chi connectivity index (χ0v) is 11.8. The summed E-state index contributed by atoms with van der Waals surface area (Å²) in [6.07, 6.45) is 2.66. The average molecular weight is 226 g/mol. The Kier molecular flexibility index (Phi) is 5.26. The van der Waals surface area contributed by atoms with E-state index in [1.54, 1.807) is 0 Å². The molecular weight excluding hydrogens is 196 g/mol. The van der Waals surface area contributed by atoms with Gasteiger partial charge in [0.1, 0.15) is 0 Å². The van der Waals surface area contributed by atoms with Crippen LogP contribution in [0.25, 0.3) is 0 Å². The highest BCUT2D eigenvalue weighted by Gasteiger charge is 2.21. The Bertz CT molecular complexity index is 195. The normalized spacial score (nSPS) is 29.1. The van der Waals surface area contributed by atoms with Crippen LogP contribution in [0.3, 0.4) is 0 Å². The molecule has 0 spiro atoms. The molecule has 1 rings (SSSR count). The Labute approximate surface area is 102 Å². The van der Waals surface area contributed by atoms with Crippen molar-refractivity contribution in [2.75, 3.05) is 19.6 Å². The summed E-state index contributed by atoms with van der Waals surface area (Å²) < 4.78 is 0. The number of rotatable bonds is 4. The second-order valence-corrected chi connectivity index (χ2v) is 6.67. The molecule has 96 valence electrons. The van der Waals surface area contributed by atoms with Gasteiger partial charge in [-0.1, -0.05) is 27.7 Å². The van der Waals surface area contributed by atoms with Gasteiger partial charge in [0.2, 0.25) is 0 Å². The lowest BCUT2D eigenvalue weighted by Gasteiger charge is -2.31. The Morgan fingerprint density at radius 2 is 2.06 bits per heavy atom. The summed E-state index contributed by atoms with van der Waals surface area (Å²) in [4.78, 5) is 0. The molecule has 0 aliphatic carbocycles. The van der Waals surface area contributed by atoms with E-state index in [0.29, 0.717) is 11.5 Å². The third-order valence-corrected chi connectivity index (χ3v) is 4.09. The van der Waals surface area contributed by atoms with E-state index >= 15 is 0 Å². The van der Waals surface area contributed by atoms with Crippen LogP contribution in [-0.4, -0.2) is 25.7 Å². The number of nitrogens with one attached hydrogen (secondary N) is 2. The zero-order valence-electron chi connectivity index (χ0n) is 11.8. The lowest BCUT2D eigenvalue weighted by molar-refractivity contribution is 0.239. The van der Waals surface area contributed by atoms with Crippen LogP contribution in [0.2, 0.25) is 0 Å². The van der Waals surface area contributed by atoms with Gasteiger partial charge < -0.3 is 10.6 Å². The smallest absolute Gasteiger partial charge is 0.00418 e. The fourth-order valence-corrected chi connectivity index (χ4v) is 2.23. The standard InChI is InChI=1S/C14H30N2/c1-11(14(3,4)5)9-15-10-13-6-7-16-12(2)8-13/h11-13,15-16H,6-10H2,1-5H3. The second kappa shape index (κ2) is 6.02. The molecule has 0 aromatic rings. The van der Waals surface area contributed by atoms with Crippen LogP contribution in [0.15, 0.2) is 0 Å². The van der Waals surface area contributed by atoms with Crippen molar-refractivity contribution in [2.24, 2.45) is 17.3 Å². The monoisotopic (exact) mass is 226 g/mol. The van der Waals surface area contributed by atoms with Crippen LogP contribution < -0.4 is 10.6 Å². The van der Waals surface area contributed by atoms with E-state index < -0.39 is 0 Å². The van der Waals surface area contributed by atoms with Crippen LogP contribution in [0.4, 0.5) is 0 Å². The molecule has 16 heavy (non-hydrogen) atoms. The van der Waals surface area contributed by atoms with E-state index in [4.69, 9.17) is 0 Å². The van der Waals surface area contributed by atoms with Crippen molar-refractivity contribution in [3.63, 3.8) is 0 Å². The minimum atomic E-state index is 0.425. The SMILES string of the molecule is CC1CC(CNCC(C)C(C)(C)C)CCN1. The molecule has 3 unspecified atom stereocenters. The Balaban J connectivity index is 2.15. The average Bonchev–Trinajstić information content (AvgIpc) is 2.16. The summed E-state index contributed by atoms with van der Waals surface area (Å²) in [6.45, 7) is 15.2. The molecule has 0 aromatic heterocycles. The van der Waals surface area contributed by atoms with Gasteiger partial charge in [-0.3, -0.25) is 0 Å². The molecule has 0 aromatic carbocycles.